The fourth-order valence-corrected chi connectivity index (χ4v) is 9.04. The number of pyridine rings is 2. The van der Waals surface area contributed by atoms with Crippen LogP contribution in [0.3, 0.4) is 0 Å². The normalized spacial score (nSPS) is 11.8. The number of para-hydroxylation sites is 1. The van der Waals surface area contributed by atoms with Crippen LogP contribution < -0.4 is 4.40 Å². The maximum Gasteiger partial charge on any atom is 0 e. The Balaban J connectivity index is 0.000000207. The molecule has 0 saturated heterocycles. The monoisotopic (exact) mass is 853 g/mol. The van der Waals surface area contributed by atoms with Crippen LogP contribution in [0.4, 0.5) is 4.39 Å². The molecule has 241 valence electrons. The van der Waals surface area contributed by atoms with E-state index in [9.17, 15) is 4.39 Å². The van der Waals surface area contributed by atoms with E-state index in [4.69, 9.17) is 4.42 Å². The van der Waals surface area contributed by atoms with E-state index in [-0.39, 0.29) is 31.3 Å². The summed E-state index contributed by atoms with van der Waals surface area (Å²) in [6.07, 6.45) is 6.00. The van der Waals surface area contributed by atoms with Crippen molar-refractivity contribution in [1.82, 2.24) is 9.97 Å². The second kappa shape index (κ2) is 14.8. The van der Waals surface area contributed by atoms with Crippen molar-refractivity contribution >= 4 is 39.6 Å². The van der Waals surface area contributed by atoms with Crippen LogP contribution in [0.2, 0.25) is 17.3 Å². The molecule has 0 N–H and O–H groups in total. The Morgan fingerprint density at radius 1 is 0.891 bits per heavy atom. The van der Waals surface area contributed by atoms with Gasteiger partial charge >= 0.3 is 130 Å². The van der Waals surface area contributed by atoms with Crippen molar-refractivity contribution in [3.8, 4) is 22.5 Å². The molecule has 0 aliphatic rings. The number of nitrogens with zero attached hydrogens (tertiary/aromatic N) is 2. The van der Waals surface area contributed by atoms with Gasteiger partial charge in [0.05, 0.1) is 5.58 Å². The number of aromatic nitrogens is 2. The van der Waals surface area contributed by atoms with E-state index in [1.54, 1.807) is 6.07 Å². The minimum atomic E-state index is -1.93. The fraction of sp³-hybridized carbons (Fsp3) is 0.300. The summed E-state index contributed by atoms with van der Waals surface area (Å²) in [5.41, 5.74) is 8.29. The molecule has 0 aliphatic heterocycles. The van der Waals surface area contributed by atoms with Crippen molar-refractivity contribution in [2.45, 2.75) is 64.7 Å². The fourth-order valence-electron chi connectivity index (χ4n) is 5.71. The molecule has 3 nitrogen and oxygen atoms in total. The van der Waals surface area contributed by atoms with Crippen molar-refractivity contribution in [1.29, 1.82) is 0 Å². The molecule has 3 aromatic heterocycles. The third-order valence-electron chi connectivity index (χ3n) is 7.63. The number of benzene rings is 3. The van der Waals surface area contributed by atoms with Crippen LogP contribution >= 0.6 is 0 Å². The van der Waals surface area contributed by atoms with Gasteiger partial charge in [0.1, 0.15) is 5.58 Å². The zero-order valence-electron chi connectivity index (χ0n) is 28.1. The second-order valence-corrected chi connectivity index (χ2v) is 25.0. The first-order valence-corrected chi connectivity index (χ1v) is 23.1. The van der Waals surface area contributed by atoms with Crippen molar-refractivity contribution in [3.05, 3.63) is 114 Å². The quantitative estimate of drug-likeness (QED) is 0.124. The summed E-state index contributed by atoms with van der Waals surface area (Å²) < 4.78 is 20.6. The molecule has 0 atom stereocenters. The second-order valence-electron chi connectivity index (χ2n) is 14.5. The number of fused-ring (bicyclic) bond motifs is 3. The smallest absolute Gasteiger partial charge is 0 e. The third kappa shape index (κ3) is 8.82. The summed E-state index contributed by atoms with van der Waals surface area (Å²) in [5.74, 6) is 7.53. The van der Waals surface area contributed by atoms with Gasteiger partial charge in [0.15, 0.2) is 0 Å². The zero-order chi connectivity index (χ0) is 32.4. The first-order valence-electron chi connectivity index (χ1n) is 15.7. The van der Waals surface area contributed by atoms with E-state index in [1.807, 2.05) is 36.7 Å². The predicted octanol–water partition coefficient (Wildman–Crippen LogP) is 10.5. The van der Waals surface area contributed by atoms with Gasteiger partial charge in [0.25, 0.3) is 0 Å². The summed E-state index contributed by atoms with van der Waals surface area (Å²) in [4.78, 5) is 9.17. The summed E-state index contributed by atoms with van der Waals surface area (Å²) >= 11 is -1.93. The van der Waals surface area contributed by atoms with E-state index in [0.29, 0.717) is 5.92 Å². The van der Waals surface area contributed by atoms with Crippen LogP contribution in [0.5, 0.6) is 0 Å². The molecule has 0 fully saturated rings. The van der Waals surface area contributed by atoms with Gasteiger partial charge in [0, 0.05) is 31.7 Å². The van der Waals surface area contributed by atoms with Crippen molar-refractivity contribution in [2.75, 3.05) is 0 Å². The Morgan fingerprint density at radius 2 is 1.65 bits per heavy atom. The Kier molecular flexibility index (Phi) is 11.5. The van der Waals surface area contributed by atoms with Crippen LogP contribution in [0.25, 0.3) is 44.5 Å². The first-order chi connectivity index (χ1) is 21.3. The average molecular weight is 852 g/mol. The minimum Gasteiger partial charge on any atom is 0 e. The maximum atomic E-state index is 13.0. The number of hydrogen-bond acceptors (Lipinski definition) is 3. The Labute approximate surface area is 289 Å². The van der Waals surface area contributed by atoms with Gasteiger partial charge in [-0.15, -0.1) is 18.2 Å². The van der Waals surface area contributed by atoms with Gasteiger partial charge in [-0.3, -0.25) is 0 Å². The molecule has 0 amide bonds. The molecule has 0 saturated carbocycles. The summed E-state index contributed by atoms with van der Waals surface area (Å²) in [6, 6.07) is 29.4. The SMILES string of the molecule is CC(C)(C)Cc1ccnc(-c2[c-]ccc3c2oc2ccccc23)c1.CC(C)Cc1cc(-c2[c-]cc(F)cc2)nc[c]1[Ge]([CH3])([CH3])[CH3].[Ir]. The number of rotatable bonds is 6. The molecule has 1 radical (unpaired) electrons. The summed E-state index contributed by atoms with van der Waals surface area (Å²) in [7, 11) is 0. The molecule has 3 aromatic carbocycles. The van der Waals surface area contributed by atoms with E-state index >= 15 is 0 Å². The van der Waals surface area contributed by atoms with Crippen LogP contribution in [0.15, 0.2) is 89.6 Å². The van der Waals surface area contributed by atoms with Crippen LogP contribution in [-0.2, 0) is 32.9 Å². The Hall–Kier alpha value is -3.12. The molecule has 46 heavy (non-hydrogen) atoms. The van der Waals surface area contributed by atoms with Crippen LogP contribution in [0, 0.1) is 29.3 Å². The van der Waals surface area contributed by atoms with E-state index < -0.39 is 13.3 Å². The molecule has 6 aromatic rings. The standard InChI is InChI=1S/C22H20NO.C18H23FGeN.Ir/c1-22(2,3)14-15-11-12-23-19(13-15)18-9-6-8-17-16-7-4-5-10-20(16)24-21(17)18;1-13(2)10-15-11-18(14-6-8-16(19)9-7-14)21-12-17(15)20(3,4)5;/h4-8,10-13H,14H2,1-3H3;6,8-9,11-13H,10H2,1-5H3;/q2*-1;. The molecule has 3 heterocycles. The maximum absolute atomic E-state index is 13.0. The van der Waals surface area contributed by atoms with Gasteiger partial charge < -0.3 is 9.40 Å². The van der Waals surface area contributed by atoms with Crippen molar-refractivity contribution in [2.24, 2.45) is 11.3 Å². The predicted molar refractivity (Wildman–Crippen MR) is 189 cm³/mol. The third-order valence-corrected chi connectivity index (χ3v) is 12.0. The molecule has 0 bridgehead atoms. The van der Waals surface area contributed by atoms with Gasteiger partial charge in [-0.25, -0.2) is 0 Å². The zero-order valence-corrected chi connectivity index (χ0v) is 32.6. The minimum absolute atomic E-state index is 0. The number of furan rings is 1. The number of hydrogen-bond donors (Lipinski definition) is 0. The van der Waals surface area contributed by atoms with E-state index in [2.05, 4.69) is 104 Å². The summed E-state index contributed by atoms with van der Waals surface area (Å²) in [5, 5.41) is 2.25. The van der Waals surface area contributed by atoms with Crippen LogP contribution in [-0.4, -0.2) is 23.2 Å². The van der Waals surface area contributed by atoms with Gasteiger partial charge in [0.2, 0.25) is 0 Å². The molecule has 6 rings (SSSR count). The van der Waals surface area contributed by atoms with Crippen LogP contribution in [0.1, 0.15) is 45.7 Å². The van der Waals surface area contributed by atoms with E-state index in [1.165, 1.54) is 27.7 Å². The number of halogens is 1. The Morgan fingerprint density at radius 3 is 2.33 bits per heavy atom. The van der Waals surface area contributed by atoms with Crippen molar-refractivity contribution in [3.63, 3.8) is 0 Å². The molecule has 0 unspecified atom stereocenters. The topological polar surface area (TPSA) is 38.9 Å². The van der Waals surface area contributed by atoms with Gasteiger partial charge in [-0.1, -0.05) is 61.5 Å². The van der Waals surface area contributed by atoms with Gasteiger partial charge in [-0.2, -0.15) is 0 Å². The molecule has 0 aliphatic carbocycles. The Bertz CT molecular complexity index is 1920. The molecular weight excluding hydrogens is 808 g/mol. The molecular formula is C40H43FGeIrN2O-2. The summed E-state index contributed by atoms with van der Waals surface area (Å²) in [6.45, 7) is 11.2. The average Bonchev–Trinajstić information content (AvgIpc) is 3.35. The molecule has 0 spiro atoms. The van der Waals surface area contributed by atoms with Crippen molar-refractivity contribution < 1.29 is 28.9 Å². The van der Waals surface area contributed by atoms with Gasteiger partial charge in [-0.05, 0) is 29.7 Å². The molecule has 6 heteroatoms. The van der Waals surface area contributed by atoms with E-state index in [0.717, 1.165) is 57.3 Å². The first kappa shape index (κ1) is 35.7. The largest absolute Gasteiger partial charge is 0 e.